The van der Waals surface area contributed by atoms with Gasteiger partial charge in [-0.15, -0.1) is 10.2 Å². The van der Waals surface area contributed by atoms with E-state index in [9.17, 15) is 0 Å². The molecule has 4 nitrogen and oxygen atoms in total. The van der Waals surface area contributed by atoms with Crippen molar-refractivity contribution in [3.05, 3.63) is 50.6 Å². The molecule has 7 heteroatoms. The van der Waals surface area contributed by atoms with Gasteiger partial charge in [0.1, 0.15) is 10.4 Å². The highest BCUT2D eigenvalue weighted by Crippen LogP contribution is 2.52. The van der Waals surface area contributed by atoms with E-state index in [-0.39, 0.29) is 10.8 Å². The minimum atomic E-state index is -0.0453. The van der Waals surface area contributed by atoms with E-state index >= 15 is 0 Å². The Kier molecular flexibility index (Phi) is 3.36. The Balaban J connectivity index is 1.80. The standard InChI is InChI=1S/C15H15BrN4S2/c1-15(2,3)13-17-18-14-20(13)19-11(22-14)8-21-12(19)9-5-4-6-10(16)7-9/h4-8,12H,1-3H3. The van der Waals surface area contributed by atoms with Gasteiger partial charge in [-0.25, -0.2) is 4.68 Å². The van der Waals surface area contributed by atoms with Crippen molar-refractivity contribution >= 4 is 39.5 Å². The molecular formula is C15H15BrN4S2. The Hall–Kier alpha value is -0.920. The maximum atomic E-state index is 4.42. The quantitative estimate of drug-likeness (QED) is 0.704. The molecule has 0 bridgehead atoms. The van der Waals surface area contributed by atoms with Crippen LogP contribution in [0.3, 0.4) is 0 Å². The number of rotatable bonds is 1. The first-order valence-electron chi connectivity index (χ1n) is 6.99. The fourth-order valence-corrected chi connectivity index (χ4v) is 5.22. The first kappa shape index (κ1) is 14.7. The van der Waals surface area contributed by atoms with Crippen molar-refractivity contribution in [2.45, 2.75) is 36.7 Å². The summed E-state index contributed by atoms with van der Waals surface area (Å²) in [5.41, 5.74) is 1.23. The van der Waals surface area contributed by atoms with Gasteiger partial charge in [-0.2, -0.15) is 0 Å². The van der Waals surface area contributed by atoms with Crippen LogP contribution in [0, 0.1) is 0 Å². The zero-order valence-corrected chi connectivity index (χ0v) is 15.7. The van der Waals surface area contributed by atoms with E-state index in [1.165, 1.54) is 10.6 Å². The Morgan fingerprint density at radius 1 is 1.23 bits per heavy atom. The highest BCUT2D eigenvalue weighted by atomic mass is 79.9. The number of halogens is 1. The molecule has 0 N–H and O–H groups in total. The fraction of sp³-hybridized carbons (Fsp3) is 0.333. The Morgan fingerprint density at radius 3 is 2.77 bits per heavy atom. The Bertz CT molecular complexity index is 778. The van der Waals surface area contributed by atoms with Crippen molar-refractivity contribution in [2.24, 2.45) is 0 Å². The van der Waals surface area contributed by atoms with Crippen LogP contribution in [0.25, 0.3) is 0 Å². The van der Waals surface area contributed by atoms with Crippen molar-refractivity contribution < 1.29 is 0 Å². The molecule has 1 unspecified atom stereocenters. The van der Waals surface area contributed by atoms with E-state index in [1.807, 2.05) is 11.8 Å². The monoisotopic (exact) mass is 394 g/mol. The van der Waals surface area contributed by atoms with Gasteiger partial charge in [0.25, 0.3) is 0 Å². The molecule has 1 atom stereocenters. The molecule has 3 heterocycles. The molecule has 22 heavy (non-hydrogen) atoms. The van der Waals surface area contributed by atoms with Gasteiger partial charge in [-0.1, -0.05) is 60.6 Å². The van der Waals surface area contributed by atoms with Crippen molar-refractivity contribution in [3.8, 4) is 0 Å². The lowest BCUT2D eigenvalue weighted by atomic mass is 9.96. The number of nitrogens with zero attached hydrogens (tertiary/aromatic N) is 4. The van der Waals surface area contributed by atoms with Crippen LogP contribution in [-0.2, 0) is 5.41 Å². The predicted octanol–water partition coefficient (Wildman–Crippen LogP) is 4.63. The average Bonchev–Trinajstić information content (AvgIpc) is 3.07. The van der Waals surface area contributed by atoms with E-state index in [1.54, 1.807) is 11.8 Å². The molecule has 2 aliphatic heterocycles. The predicted molar refractivity (Wildman–Crippen MR) is 95.4 cm³/mol. The molecule has 1 aromatic heterocycles. The van der Waals surface area contributed by atoms with Crippen LogP contribution in [0.15, 0.2) is 44.3 Å². The molecule has 0 amide bonds. The minimum Gasteiger partial charge on any atom is -0.252 e. The molecule has 4 rings (SSSR count). The van der Waals surface area contributed by atoms with Gasteiger partial charge in [-0.05, 0) is 29.5 Å². The van der Waals surface area contributed by atoms with Gasteiger partial charge in [0.2, 0.25) is 5.16 Å². The highest BCUT2D eigenvalue weighted by molar-refractivity contribution is 9.10. The number of benzene rings is 1. The molecule has 0 radical (unpaired) electrons. The fourth-order valence-electron chi connectivity index (χ4n) is 2.59. The van der Waals surface area contributed by atoms with E-state index in [0.717, 1.165) is 15.5 Å². The normalized spacial score (nSPS) is 20.1. The lowest BCUT2D eigenvalue weighted by molar-refractivity contribution is 0.485. The third-order valence-electron chi connectivity index (χ3n) is 3.57. The summed E-state index contributed by atoms with van der Waals surface area (Å²) < 4.78 is 3.29. The topological polar surface area (TPSA) is 34.0 Å². The van der Waals surface area contributed by atoms with Crippen LogP contribution in [0.1, 0.15) is 37.5 Å². The van der Waals surface area contributed by atoms with Crippen molar-refractivity contribution in [1.82, 2.24) is 14.9 Å². The van der Waals surface area contributed by atoms with E-state index < -0.39 is 0 Å². The minimum absolute atomic E-state index is 0.0453. The summed E-state index contributed by atoms with van der Waals surface area (Å²) in [7, 11) is 0. The molecule has 0 fully saturated rings. The second kappa shape index (κ2) is 5.04. The second-order valence-corrected chi connectivity index (χ2v) is 9.17. The molecule has 1 aromatic carbocycles. The average molecular weight is 395 g/mol. The van der Waals surface area contributed by atoms with E-state index in [0.29, 0.717) is 0 Å². The Morgan fingerprint density at radius 2 is 2.05 bits per heavy atom. The molecule has 0 saturated carbocycles. The summed E-state index contributed by atoms with van der Waals surface area (Å²) in [4.78, 5) is 0. The summed E-state index contributed by atoms with van der Waals surface area (Å²) in [6.45, 7) is 6.52. The summed E-state index contributed by atoms with van der Waals surface area (Å²) in [6, 6.07) is 8.49. The van der Waals surface area contributed by atoms with E-state index in [4.69, 9.17) is 0 Å². The van der Waals surface area contributed by atoms with Crippen molar-refractivity contribution in [2.75, 3.05) is 5.01 Å². The van der Waals surface area contributed by atoms with Gasteiger partial charge in [-0.3, -0.25) is 5.01 Å². The molecule has 2 aromatic rings. The third kappa shape index (κ3) is 2.21. The maximum absolute atomic E-state index is 4.42. The maximum Gasteiger partial charge on any atom is 0.216 e. The van der Waals surface area contributed by atoms with Gasteiger partial charge in [0.15, 0.2) is 5.82 Å². The summed E-state index contributed by atoms with van der Waals surface area (Å²) in [5.74, 6) is 1.00. The van der Waals surface area contributed by atoms with Gasteiger partial charge < -0.3 is 0 Å². The van der Waals surface area contributed by atoms with Crippen molar-refractivity contribution in [3.63, 3.8) is 0 Å². The van der Waals surface area contributed by atoms with Crippen LogP contribution in [0.5, 0.6) is 0 Å². The number of hydrogen-bond acceptors (Lipinski definition) is 5. The first-order valence-corrected chi connectivity index (χ1v) is 9.55. The Labute approximate surface area is 146 Å². The molecular weight excluding hydrogens is 380 g/mol. The molecule has 114 valence electrons. The summed E-state index contributed by atoms with van der Waals surface area (Å²) in [6.07, 6.45) is 0. The van der Waals surface area contributed by atoms with Crippen LogP contribution >= 0.6 is 39.5 Å². The molecule has 2 aliphatic rings. The smallest absolute Gasteiger partial charge is 0.216 e. The SMILES string of the molecule is CC(C)(C)c1nnc2n1N1C(=CSC1c1cccc(Br)c1)S2. The van der Waals surface area contributed by atoms with Crippen LogP contribution in [-0.4, -0.2) is 14.9 Å². The third-order valence-corrected chi connectivity index (χ3v) is 6.26. The molecule has 0 spiro atoms. The van der Waals surface area contributed by atoms with Gasteiger partial charge in [0, 0.05) is 15.3 Å². The first-order chi connectivity index (χ1) is 10.4. The molecule has 0 saturated heterocycles. The zero-order valence-electron chi connectivity index (χ0n) is 12.4. The number of hydrogen-bond donors (Lipinski definition) is 0. The number of thioether (sulfide) groups is 2. The van der Waals surface area contributed by atoms with Crippen LogP contribution < -0.4 is 5.01 Å². The number of fused-ring (bicyclic) bond motifs is 3. The van der Waals surface area contributed by atoms with Crippen LogP contribution in [0.2, 0.25) is 0 Å². The summed E-state index contributed by atoms with van der Waals surface area (Å²) >= 11 is 7.09. The number of aromatic nitrogens is 3. The van der Waals surface area contributed by atoms with E-state index in [2.05, 4.69) is 86.3 Å². The zero-order chi connectivity index (χ0) is 15.5. The van der Waals surface area contributed by atoms with Crippen LogP contribution in [0.4, 0.5) is 0 Å². The lowest BCUT2D eigenvalue weighted by Crippen LogP contribution is -2.34. The molecule has 0 aliphatic carbocycles. The largest absolute Gasteiger partial charge is 0.252 e. The summed E-state index contributed by atoms with van der Waals surface area (Å²) in [5, 5.41) is 15.7. The van der Waals surface area contributed by atoms with Crippen molar-refractivity contribution in [1.29, 1.82) is 0 Å². The van der Waals surface area contributed by atoms with Gasteiger partial charge >= 0.3 is 0 Å². The highest BCUT2D eigenvalue weighted by Gasteiger charge is 2.41. The lowest BCUT2D eigenvalue weighted by Gasteiger charge is -2.29. The van der Waals surface area contributed by atoms with Gasteiger partial charge in [0.05, 0.1) is 0 Å². The second-order valence-electron chi connectivity index (χ2n) is 6.31.